The van der Waals surface area contributed by atoms with E-state index in [0.29, 0.717) is 18.7 Å². The van der Waals surface area contributed by atoms with Crippen LogP contribution in [0.25, 0.3) is 0 Å². The van der Waals surface area contributed by atoms with Crippen LogP contribution in [-0.2, 0) is 6.61 Å². The van der Waals surface area contributed by atoms with Crippen molar-refractivity contribution in [2.24, 2.45) is 0 Å². The summed E-state index contributed by atoms with van der Waals surface area (Å²) in [6, 6.07) is 18.6. The molecule has 2 fully saturated rings. The lowest BCUT2D eigenvalue weighted by Crippen LogP contribution is -2.39. The van der Waals surface area contributed by atoms with Crippen LogP contribution in [0.2, 0.25) is 0 Å². The smallest absolute Gasteiger partial charge is 0.253 e. The number of nitrogens with zero attached hydrogens (tertiary/aromatic N) is 1. The molecule has 2 aromatic rings. The lowest BCUT2D eigenvalue weighted by molar-refractivity contribution is 0.0748. The van der Waals surface area contributed by atoms with Crippen LogP contribution in [-0.4, -0.2) is 36.0 Å². The number of ether oxygens (including phenoxy) is 1. The van der Waals surface area contributed by atoms with Crippen LogP contribution in [0.3, 0.4) is 0 Å². The van der Waals surface area contributed by atoms with E-state index in [9.17, 15) is 4.79 Å². The Bertz CT molecular complexity index is 714. The molecule has 1 amide bonds. The summed E-state index contributed by atoms with van der Waals surface area (Å²) in [6.45, 7) is 2.19. The average Bonchev–Trinajstić information content (AvgIpc) is 2.99. The Balaban J connectivity index is 1.37. The van der Waals surface area contributed by atoms with E-state index in [1.807, 2.05) is 59.5 Å². The lowest BCUT2D eigenvalue weighted by atomic mass is 10.1. The summed E-state index contributed by atoms with van der Waals surface area (Å²) in [4.78, 5) is 14.8. The standard InChI is InChI=1S/C21H24N2O2/c24-21(23-13-12-18-10-11-19(14-23)22-18)17-8-6-16(7-9-17)15-25-20-4-2-1-3-5-20/h1-9,18-19,22H,10-15H2. The number of rotatable bonds is 4. The zero-order valence-corrected chi connectivity index (χ0v) is 14.4. The number of nitrogens with one attached hydrogen (secondary N) is 1. The minimum absolute atomic E-state index is 0.143. The van der Waals surface area contributed by atoms with Gasteiger partial charge in [-0.25, -0.2) is 0 Å². The molecule has 4 heteroatoms. The predicted octanol–water partition coefficient (Wildman–Crippen LogP) is 3.23. The van der Waals surface area contributed by atoms with Gasteiger partial charge in [-0.2, -0.15) is 0 Å². The summed E-state index contributed by atoms with van der Waals surface area (Å²) in [5.41, 5.74) is 1.83. The Morgan fingerprint density at radius 1 is 1.00 bits per heavy atom. The summed E-state index contributed by atoms with van der Waals surface area (Å²) < 4.78 is 5.76. The number of likely N-dealkylation sites (tertiary alicyclic amines) is 1. The number of carbonyl (C=O) groups excluding carboxylic acids is 1. The molecule has 0 radical (unpaired) electrons. The van der Waals surface area contributed by atoms with E-state index >= 15 is 0 Å². The minimum atomic E-state index is 0.143. The molecule has 0 spiro atoms. The summed E-state index contributed by atoms with van der Waals surface area (Å²) >= 11 is 0. The Labute approximate surface area is 148 Å². The maximum absolute atomic E-state index is 12.8. The molecule has 0 saturated carbocycles. The highest BCUT2D eigenvalue weighted by atomic mass is 16.5. The van der Waals surface area contributed by atoms with E-state index < -0.39 is 0 Å². The first-order valence-corrected chi connectivity index (χ1v) is 9.10. The van der Waals surface area contributed by atoms with Crippen LogP contribution in [0.15, 0.2) is 54.6 Å². The fourth-order valence-corrected chi connectivity index (χ4v) is 3.74. The quantitative estimate of drug-likeness (QED) is 0.932. The fourth-order valence-electron chi connectivity index (χ4n) is 3.74. The molecule has 2 unspecified atom stereocenters. The van der Waals surface area contributed by atoms with Crippen molar-refractivity contribution in [1.82, 2.24) is 10.2 Å². The Hall–Kier alpha value is -2.33. The van der Waals surface area contributed by atoms with Gasteiger partial charge in [0, 0.05) is 30.7 Å². The van der Waals surface area contributed by atoms with Crippen molar-refractivity contribution >= 4 is 5.91 Å². The van der Waals surface area contributed by atoms with Crippen LogP contribution < -0.4 is 10.1 Å². The SMILES string of the molecule is O=C(c1ccc(COc2ccccc2)cc1)N1CCC2CCC(C1)N2. The van der Waals surface area contributed by atoms with Gasteiger partial charge in [-0.05, 0) is 49.1 Å². The van der Waals surface area contributed by atoms with Crippen molar-refractivity contribution in [1.29, 1.82) is 0 Å². The summed E-state index contributed by atoms with van der Waals surface area (Å²) in [7, 11) is 0. The first-order chi connectivity index (χ1) is 12.3. The molecule has 0 aliphatic carbocycles. The molecule has 2 atom stereocenters. The number of hydrogen-bond donors (Lipinski definition) is 1. The van der Waals surface area contributed by atoms with Crippen molar-refractivity contribution in [3.05, 3.63) is 65.7 Å². The summed E-state index contributed by atoms with van der Waals surface area (Å²) in [5.74, 6) is 1.000. The summed E-state index contributed by atoms with van der Waals surface area (Å²) in [5, 5.41) is 3.62. The normalized spacial score (nSPS) is 22.5. The molecule has 2 aliphatic heterocycles. The van der Waals surface area contributed by atoms with Gasteiger partial charge in [0.15, 0.2) is 0 Å². The number of fused-ring (bicyclic) bond motifs is 2. The van der Waals surface area contributed by atoms with Crippen molar-refractivity contribution in [3.63, 3.8) is 0 Å². The number of benzene rings is 2. The van der Waals surface area contributed by atoms with Crippen molar-refractivity contribution in [2.75, 3.05) is 13.1 Å². The van der Waals surface area contributed by atoms with Gasteiger partial charge in [0.05, 0.1) is 0 Å². The van der Waals surface area contributed by atoms with Crippen LogP contribution in [0, 0.1) is 0 Å². The first-order valence-electron chi connectivity index (χ1n) is 9.10. The highest BCUT2D eigenvalue weighted by Crippen LogP contribution is 2.22. The van der Waals surface area contributed by atoms with Gasteiger partial charge in [-0.3, -0.25) is 4.79 Å². The molecular formula is C21H24N2O2. The van der Waals surface area contributed by atoms with E-state index in [0.717, 1.165) is 36.4 Å². The number of carbonyl (C=O) groups is 1. The molecule has 25 heavy (non-hydrogen) atoms. The molecule has 2 aliphatic rings. The lowest BCUT2D eigenvalue weighted by Gasteiger charge is -2.24. The third-order valence-electron chi connectivity index (χ3n) is 5.16. The van der Waals surface area contributed by atoms with Gasteiger partial charge in [0.2, 0.25) is 0 Å². The largest absolute Gasteiger partial charge is 0.489 e. The second kappa shape index (κ2) is 7.28. The zero-order valence-electron chi connectivity index (χ0n) is 14.4. The highest BCUT2D eigenvalue weighted by Gasteiger charge is 2.31. The molecule has 4 rings (SSSR count). The maximum Gasteiger partial charge on any atom is 0.253 e. The van der Waals surface area contributed by atoms with Crippen molar-refractivity contribution in [2.45, 2.75) is 38.0 Å². The van der Waals surface area contributed by atoms with Gasteiger partial charge < -0.3 is 15.0 Å². The Kier molecular flexibility index (Phi) is 4.70. The molecule has 130 valence electrons. The molecule has 2 heterocycles. The number of amides is 1. The van der Waals surface area contributed by atoms with Gasteiger partial charge >= 0.3 is 0 Å². The third-order valence-corrected chi connectivity index (χ3v) is 5.16. The molecule has 0 aromatic heterocycles. The van der Waals surface area contributed by atoms with E-state index in [1.54, 1.807) is 0 Å². The average molecular weight is 336 g/mol. The predicted molar refractivity (Wildman–Crippen MR) is 97.7 cm³/mol. The molecule has 1 N–H and O–H groups in total. The monoisotopic (exact) mass is 336 g/mol. The minimum Gasteiger partial charge on any atom is -0.489 e. The second-order valence-corrected chi connectivity index (χ2v) is 6.98. The molecule has 2 bridgehead atoms. The van der Waals surface area contributed by atoms with Crippen LogP contribution in [0.5, 0.6) is 5.75 Å². The Morgan fingerprint density at radius 3 is 2.56 bits per heavy atom. The van der Waals surface area contributed by atoms with E-state index in [1.165, 1.54) is 12.8 Å². The van der Waals surface area contributed by atoms with Crippen LogP contribution >= 0.6 is 0 Å². The van der Waals surface area contributed by atoms with E-state index in [-0.39, 0.29) is 5.91 Å². The molecule has 2 saturated heterocycles. The van der Waals surface area contributed by atoms with Gasteiger partial charge in [0.1, 0.15) is 12.4 Å². The molecular weight excluding hydrogens is 312 g/mol. The van der Waals surface area contributed by atoms with Gasteiger partial charge in [0.25, 0.3) is 5.91 Å². The van der Waals surface area contributed by atoms with Crippen molar-refractivity contribution in [3.8, 4) is 5.75 Å². The Morgan fingerprint density at radius 2 is 1.76 bits per heavy atom. The first kappa shape index (κ1) is 16.2. The van der Waals surface area contributed by atoms with E-state index in [2.05, 4.69) is 5.32 Å². The van der Waals surface area contributed by atoms with Crippen LogP contribution in [0.4, 0.5) is 0 Å². The fraction of sp³-hybridized carbons (Fsp3) is 0.381. The second-order valence-electron chi connectivity index (χ2n) is 6.98. The van der Waals surface area contributed by atoms with Gasteiger partial charge in [-0.1, -0.05) is 30.3 Å². The van der Waals surface area contributed by atoms with Gasteiger partial charge in [-0.15, -0.1) is 0 Å². The summed E-state index contributed by atoms with van der Waals surface area (Å²) in [6.07, 6.45) is 3.50. The topological polar surface area (TPSA) is 41.6 Å². The van der Waals surface area contributed by atoms with E-state index in [4.69, 9.17) is 4.74 Å². The van der Waals surface area contributed by atoms with Crippen molar-refractivity contribution < 1.29 is 9.53 Å². The zero-order chi connectivity index (χ0) is 17.1. The highest BCUT2D eigenvalue weighted by molar-refractivity contribution is 5.94. The molecule has 2 aromatic carbocycles. The molecule has 4 nitrogen and oxygen atoms in total. The van der Waals surface area contributed by atoms with Crippen LogP contribution in [0.1, 0.15) is 35.2 Å². The maximum atomic E-state index is 12.8. The number of para-hydroxylation sites is 1. The number of hydrogen-bond acceptors (Lipinski definition) is 3. The third kappa shape index (κ3) is 3.85.